The molecule has 0 radical (unpaired) electrons. The molecule has 4 heteroatoms. The Hall–Kier alpha value is -1.81. The molecule has 0 aliphatic carbocycles. The number of amides is 1. The molecule has 1 aromatic rings. The third-order valence-corrected chi connectivity index (χ3v) is 3.06. The molecule has 2 N–H and O–H groups in total. The zero-order valence-corrected chi connectivity index (χ0v) is 12.5. The van der Waals surface area contributed by atoms with E-state index in [1.54, 1.807) is 13.0 Å². The number of rotatable bonds is 8. The molecule has 0 spiro atoms. The second-order valence-electron chi connectivity index (χ2n) is 4.83. The van der Waals surface area contributed by atoms with Gasteiger partial charge < -0.3 is 15.4 Å². The summed E-state index contributed by atoms with van der Waals surface area (Å²) >= 11 is 0. The average Bonchev–Trinajstić information content (AvgIpc) is 2.46. The van der Waals surface area contributed by atoms with Gasteiger partial charge in [0.1, 0.15) is 5.75 Å². The monoisotopic (exact) mass is 276 g/mol. The lowest BCUT2D eigenvalue weighted by atomic mass is 10.1. The maximum absolute atomic E-state index is 11.7. The van der Waals surface area contributed by atoms with Crippen molar-refractivity contribution in [2.24, 2.45) is 0 Å². The number of carbonyl (C=O) groups excluding carboxylic acids is 1. The Balaban J connectivity index is 2.52. The van der Waals surface area contributed by atoms with Crippen molar-refractivity contribution in [1.82, 2.24) is 10.6 Å². The summed E-state index contributed by atoms with van der Waals surface area (Å²) in [6, 6.07) is 8.28. The molecule has 2 unspecified atom stereocenters. The highest BCUT2D eigenvalue weighted by molar-refractivity contribution is 5.80. The van der Waals surface area contributed by atoms with E-state index in [-0.39, 0.29) is 5.91 Å². The predicted molar refractivity (Wildman–Crippen MR) is 82.0 cm³/mol. The molecule has 1 aromatic carbocycles. The van der Waals surface area contributed by atoms with Crippen molar-refractivity contribution in [3.05, 3.63) is 42.5 Å². The molecule has 0 fully saturated rings. The van der Waals surface area contributed by atoms with Gasteiger partial charge in [-0.2, -0.15) is 0 Å². The number of likely N-dealkylation sites (N-methyl/N-ethyl adjacent to an activating group) is 1. The van der Waals surface area contributed by atoms with Crippen LogP contribution < -0.4 is 15.4 Å². The lowest BCUT2D eigenvalue weighted by molar-refractivity contribution is -0.127. The van der Waals surface area contributed by atoms with Crippen LogP contribution in [0, 0.1) is 0 Å². The molecular formula is C16H24N2O2. The molecule has 1 rings (SSSR count). The summed E-state index contributed by atoms with van der Waals surface area (Å²) in [5, 5.41) is 5.91. The number of ether oxygens (including phenoxy) is 1. The smallest absolute Gasteiger partial charge is 0.261 e. The molecular weight excluding hydrogens is 252 g/mol. The fraction of sp³-hybridized carbons (Fsp3) is 0.438. The minimum absolute atomic E-state index is 0.141. The van der Waals surface area contributed by atoms with Crippen LogP contribution in [0.4, 0.5) is 0 Å². The molecule has 0 saturated heterocycles. The first-order valence-electron chi connectivity index (χ1n) is 6.88. The van der Waals surface area contributed by atoms with Crippen molar-refractivity contribution < 1.29 is 9.53 Å². The summed E-state index contributed by atoms with van der Waals surface area (Å²) in [5.41, 5.74) is 1.24. The minimum Gasteiger partial charge on any atom is -0.481 e. The van der Waals surface area contributed by atoms with Crippen molar-refractivity contribution >= 4 is 5.91 Å². The van der Waals surface area contributed by atoms with Gasteiger partial charge in [-0.1, -0.05) is 18.2 Å². The molecule has 4 nitrogen and oxygen atoms in total. The molecule has 20 heavy (non-hydrogen) atoms. The van der Waals surface area contributed by atoms with Gasteiger partial charge in [-0.05, 0) is 45.0 Å². The maximum Gasteiger partial charge on any atom is 0.261 e. The Labute approximate surface area is 121 Å². The molecule has 0 heterocycles. The Morgan fingerprint density at radius 3 is 2.55 bits per heavy atom. The quantitative estimate of drug-likeness (QED) is 0.713. The van der Waals surface area contributed by atoms with Crippen molar-refractivity contribution in [2.45, 2.75) is 32.4 Å². The molecule has 1 amide bonds. The van der Waals surface area contributed by atoms with Gasteiger partial charge in [0, 0.05) is 12.6 Å². The van der Waals surface area contributed by atoms with Gasteiger partial charge in [-0.3, -0.25) is 4.79 Å². The van der Waals surface area contributed by atoms with Gasteiger partial charge in [0.25, 0.3) is 5.91 Å². The SMILES string of the molecule is C=CCNC(=O)C(C)Oc1ccc(CC(C)NC)cc1. The average molecular weight is 276 g/mol. The van der Waals surface area contributed by atoms with Gasteiger partial charge in [0.2, 0.25) is 0 Å². The predicted octanol–water partition coefficient (Wildman–Crippen LogP) is 1.91. The van der Waals surface area contributed by atoms with E-state index in [1.807, 2.05) is 31.3 Å². The van der Waals surface area contributed by atoms with Gasteiger partial charge >= 0.3 is 0 Å². The van der Waals surface area contributed by atoms with Crippen molar-refractivity contribution in [1.29, 1.82) is 0 Å². The molecule has 0 saturated carbocycles. The highest BCUT2D eigenvalue weighted by atomic mass is 16.5. The Morgan fingerprint density at radius 1 is 1.35 bits per heavy atom. The zero-order valence-electron chi connectivity index (χ0n) is 12.5. The molecule has 0 bridgehead atoms. The van der Waals surface area contributed by atoms with Crippen LogP contribution in [0.15, 0.2) is 36.9 Å². The molecule has 0 aliphatic rings. The van der Waals surface area contributed by atoms with E-state index in [9.17, 15) is 4.79 Å². The van der Waals surface area contributed by atoms with E-state index in [2.05, 4.69) is 24.1 Å². The van der Waals surface area contributed by atoms with Crippen molar-refractivity contribution in [2.75, 3.05) is 13.6 Å². The second-order valence-corrected chi connectivity index (χ2v) is 4.83. The fourth-order valence-corrected chi connectivity index (χ4v) is 1.73. The van der Waals surface area contributed by atoms with E-state index >= 15 is 0 Å². The van der Waals surface area contributed by atoms with Gasteiger partial charge in [0.05, 0.1) is 0 Å². The van der Waals surface area contributed by atoms with E-state index in [4.69, 9.17) is 4.74 Å². The first kappa shape index (κ1) is 16.2. The van der Waals surface area contributed by atoms with Crippen LogP contribution in [-0.4, -0.2) is 31.6 Å². The van der Waals surface area contributed by atoms with Gasteiger partial charge in [0.15, 0.2) is 6.10 Å². The number of hydrogen-bond acceptors (Lipinski definition) is 3. The normalized spacial score (nSPS) is 13.3. The fourth-order valence-electron chi connectivity index (χ4n) is 1.73. The minimum atomic E-state index is -0.517. The molecule has 0 aromatic heterocycles. The first-order chi connectivity index (χ1) is 9.56. The summed E-state index contributed by atoms with van der Waals surface area (Å²) in [6.07, 6.45) is 2.09. The maximum atomic E-state index is 11.7. The Morgan fingerprint density at radius 2 is 2.00 bits per heavy atom. The zero-order chi connectivity index (χ0) is 15.0. The molecule has 110 valence electrons. The van der Waals surface area contributed by atoms with Crippen molar-refractivity contribution in [3.8, 4) is 5.75 Å². The number of nitrogens with one attached hydrogen (secondary N) is 2. The van der Waals surface area contributed by atoms with E-state index in [0.29, 0.717) is 18.3 Å². The summed E-state index contributed by atoms with van der Waals surface area (Å²) < 4.78 is 5.60. The number of carbonyl (C=O) groups is 1. The largest absolute Gasteiger partial charge is 0.481 e. The van der Waals surface area contributed by atoms with Crippen LogP contribution >= 0.6 is 0 Å². The third-order valence-electron chi connectivity index (χ3n) is 3.06. The van der Waals surface area contributed by atoms with Gasteiger partial charge in [-0.25, -0.2) is 0 Å². The second kappa shape index (κ2) is 8.38. The van der Waals surface area contributed by atoms with Crippen LogP contribution in [-0.2, 0) is 11.2 Å². The Kier molecular flexibility index (Phi) is 6.81. The van der Waals surface area contributed by atoms with Crippen LogP contribution in [0.1, 0.15) is 19.4 Å². The molecule has 0 aliphatic heterocycles. The van der Waals surface area contributed by atoms with Crippen LogP contribution in [0.3, 0.4) is 0 Å². The third kappa shape index (κ3) is 5.45. The lowest BCUT2D eigenvalue weighted by Gasteiger charge is -2.15. The van der Waals surface area contributed by atoms with Crippen molar-refractivity contribution in [3.63, 3.8) is 0 Å². The number of benzene rings is 1. The molecule has 2 atom stereocenters. The first-order valence-corrected chi connectivity index (χ1v) is 6.88. The highest BCUT2D eigenvalue weighted by Crippen LogP contribution is 2.15. The van der Waals surface area contributed by atoms with E-state index < -0.39 is 6.10 Å². The topological polar surface area (TPSA) is 50.4 Å². The van der Waals surface area contributed by atoms with E-state index in [1.165, 1.54) is 5.56 Å². The summed E-state index contributed by atoms with van der Waals surface area (Å²) in [4.78, 5) is 11.7. The summed E-state index contributed by atoms with van der Waals surface area (Å²) in [5.74, 6) is 0.560. The highest BCUT2D eigenvalue weighted by Gasteiger charge is 2.13. The number of hydrogen-bond donors (Lipinski definition) is 2. The summed E-state index contributed by atoms with van der Waals surface area (Å²) in [7, 11) is 1.95. The Bertz CT molecular complexity index is 429. The van der Waals surface area contributed by atoms with Crippen LogP contribution in [0.25, 0.3) is 0 Å². The van der Waals surface area contributed by atoms with Crippen LogP contribution in [0.5, 0.6) is 5.75 Å². The summed E-state index contributed by atoms with van der Waals surface area (Å²) in [6.45, 7) is 7.87. The van der Waals surface area contributed by atoms with Crippen LogP contribution in [0.2, 0.25) is 0 Å². The standard InChI is InChI=1S/C16H24N2O2/c1-5-10-18-16(19)13(3)20-15-8-6-14(7-9-15)11-12(2)17-4/h5-9,12-13,17H,1,10-11H2,2-4H3,(H,18,19). The van der Waals surface area contributed by atoms with Gasteiger partial charge in [-0.15, -0.1) is 6.58 Å². The van der Waals surface area contributed by atoms with E-state index in [0.717, 1.165) is 6.42 Å². The lowest BCUT2D eigenvalue weighted by Crippen LogP contribution is -2.36.